The lowest BCUT2D eigenvalue weighted by molar-refractivity contribution is 0.0724. The van der Waals surface area contributed by atoms with Crippen molar-refractivity contribution in [2.45, 2.75) is 31.8 Å². The van der Waals surface area contributed by atoms with Gasteiger partial charge in [-0.2, -0.15) is 0 Å². The average molecular weight is 274 g/mol. The van der Waals surface area contributed by atoms with Gasteiger partial charge < -0.3 is 14.9 Å². The molecule has 2 heterocycles. The first kappa shape index (κ1) is 13.9. The van der Waals surface area contributed by atoms with Crippen molar-refractivity contribution in [2.75, 3.05) is 37.6 Å². The van der Waals surface area contributed by atoms with E-state index in [1.807, 2.05) is 0 Å². The normalized spacial score (nSPS) is 23.1. The van der Waals surface area contributed by atoms with Gasteiger partial charge in [-0.15, -0.1) is 0 Å². The number of likely N-dealkylation sites (tertiary alicyclic amines) is 1. The Hall–Kier alpha value is -1.06. The highest BCUT2D eigenvalue weighted by Crippen LogP contribution is 2.24. The zero-order valence-corrected chi connectivity index (χ0v) is 12.2. The van der Waals surface area contributed by atoms with Crippen LogP contribution in [0.15, 0.2) is 30.3 Å². The Morgan fingerprint density at radius 1 is 0.900 bits per heavy atom. The molecule has 0 saturated carbocycles. The highest BCUT2D eigenvalue weighted by molar-refractivity contribution is 5.46. The van der Waals surface area contributed by atoms with E-state index in [1.165, 1.54) is 38.2 Å². The number of para-hydroxylation sites is 1. The highest BCUT2D eigenvalue weighted by Gasteiger charge is 2.23. The summed E-state index contributed by atoms with van der Waals surface area (Å²) in [6.45, 7) is 5.77. The van der Waals surface area contributed by atoms with Crippen LogP contribution in [0.5, 0.6) is 0 Å². The van der Waals surface area contributed by atoms with E-state index in [1.54, 1.807) is 0 Å². The van der Waals surface area contributed by atoms with Crippen molar-refractivity contribution in [3.63, 3.8) is 0 Å². The van der Waals surface area contributed by atoms with E-state index in [-0.39, 0.29) is 6.10 Å². The minimum absolute atomic E-state index is 0.0498. The molecule has 0 radical (unpaired) electrons. The molecule has 0 aromatic heterocycles. The van der Waals surface area contributed by atoms with Gasteiger partial charge in [0.25, 0.3) is 0 Å². The number of anilines is 1. The number of benzene rings is 1. The van der Waals surface area contributed by atoms with Crippen LogP contribution in [-0.4, -0.2) is 48.8 Å². The molecule has 2 fully saturated rings. The summed E-state index contributed by atoms with van der Waals surface area (Å²) in [5.41, 5.74) is 1.37. The van der Waals surface area contributed by atoms with Crippen molar-refractivity contribution in [2.24, 2.45) is 5.92 Å². The molecule has 2 aliphatic rings. The predicted octanol–water partition coefficient (Wildman–Crippen LogP) is 2.36. The Kier molecular flexibility index (Phi) is 4.58. The SMILES string of the molecule is OC1CCN(CC2CCN(c3ccccc3)CC2)CC1. The maximum absolute atomic E-state index is 9.56. The van der Waals surface area contributed by atoms with E-state index in [9.17, 15) is 5.11 Å². The van der Waals surface area contributed by atoms with Crippen LogP contribution in [0.4, 0.5) is 5.69 Å². The average Bonchev–Trinajstić information content (AvgIpc) is 2.51. The van der Waals surface area contributed by atoms with E-state index >= 15 is 0 Å². The molecule has 110 valence electrons. The lowest BCUT2D eigenvalue weighted by Crippen LogP contribution is -2.42. The summed E-state index contributed by atoms with van der Waals surface area (Å²) >= 11 is 0. The molecule has 3 rings (SSSR count). The fraction of sp³-hybridized carbons (Fsp3) is 0.647. The zero-order chi connectivity index (χ0) is 13.8. The molecule has 0 amide bonds. The molecule has 3 heteroatoms. The van der Waals surface area contributed by atoms with Gasteiger partial charge in [0.05, 0.1) is 6.10 Å². The summed E-state index contributed by atoms with van der Waals surface area (Å²) in [6.07, 6.45) is 4.47. The van der Waals surface area contributed by atoms with Gasteiger partial charge >= 0.3 is 0 Å². The van der Waals surface area contributed by atoms with Crippen LogP contribution in [0, 0.1) is 5.92 Å². The lowest BCUT2D eigenvalue weighted by Gasteiger charge is -2.37. The van der Waals surface area contributed by atoms with E-state index < -0.39 is 0 Å². The van der Waals surface area contributed by atoms with Gasteiger partial charge in [-0.05, 0) is 43.7 Å². The summed E-state index contributed by atoms with van der Waals surface area (Å²) in [4.78, 5) is 5.06. The summed E-state index contributed by atoms with van der Waals surface area (Å²) in [6, 6.07) is 10.8. The number of hydrogen-bond donors (Lipinski definition) is 1. The first-order valence-corrected chi connectivity index (χ1v) is 8.01. The molecule has 1 N–H and O–H groups in total. The second-order valence-electron chi connectivity index (χ2n) is 6.30. The van der Waals surface area contributed by atoms with E-state index in [0.29, 0.717) is 0 Å². The smallest absolute Gasteiger partial charge is 0.0564 e. The molecular weight excluding hydrogens is 248 g/mol. The zero-order valence-electron chi connectivity index (χ0n) is 12.2. The molecule has 2 saturated heterocycles. The van der Waals surface area contributed by atoms with Crippen LogP contribution in [0.2, 0.25) is 0 Å². The van der Waals surface area contributed by atoms with Crippen LogP contribution < -0.4 is 4.90 Å². The van der Waals surface area contributed by atoms with Gasteiger partial charge in [0.15, 0.2) is 0 Å². The van der Waals surface area contributed by atoms with Gasteiger partial charge in [0.2, 0.25) is 0 Å². The number of piperidine rings is 2. The standard InChI is InChI=1S/C17H26N2O/c20-17-8-10-18(11-9-17)14-15-6-12-19(13-7-15)16-4-2-1-3-5-16/h1-5,15,17,20H,6-14H2. The van der Waals surface area contributed by atoms with Crippen LogP contribution in [0.1, 0.15) is 25.7 Å². The second-order valence-corrected chi connectivity index (χ2v) is 6.30. The summed E-state index contributed by atoms with van der Waals surface area (Å²) < 4.78 is 0. The number of aliphatic hydroxyl groups is 1. The van der Waals surface area contributed by atoms with Crippen molar-refractivity contribution < 1.29 is 5.11 Å². The molecule has 0 aliphatic carbocycles. The Balaban J connectivity index is 1.44. The monoisotopic (exact) mass is 274 g/mol. The van der Waals surface area contributed by atoms with Gasteiger partial charge in [-0.1, -0.05) is 18.2 Å². The van der Waals surface area contributed by atoms with Crippen LogP contribution in [0.25, 0.3) is 0 Å². The second kappa shape index (κ2) is 6.59. The number of nitrogens with zero attached hydrogens (tertiary/aromatic N) is 2. The first-order valence-electron chi connectivity index (χ1n) is 8.01. The molecule has 2 aliphatic heterocycles. The molecule has 0 bridgehead atoms. The van der Waals surface area contributed by atoms with Gasteiger partial charge in [-0.25, -0.2) is 0 Å². The van der Waals surface area contributed by atoms with E-state index in [2.05, 4.69) is 40.1 Å². The summed E-state index contributed by atoms with van der Waals surface area (Å²) in [7, 11) is 0. The Morgan fingerprint density at radius 2 is 1.55 bits per heavy atom. The van der Waals surface area contributed by atoms with Gasteiger partial charge in [0.1, 0.15) is 0 Å². The minimum Gasteiger partial charge on any atom is -0.393 e. The Morgan fingerprint density at radius 3 is 2.20 bits per heavy atom. The highest BCUT2D eigenvalue weighted by atomic mass is 16.3. The Labute approximate surface area is 122 Å². The largest absolute Gasteiger partial charge is 0.393 e. The molecule has 0 unspecified atom stereocenters. The first-order chi connectivity index (χ1) is 9.81. The third-order valence-electron chi connectivity index (χ3n) is 4.81. The topological polar surface area (TPSA) is 26.7 Å². The fourth-order valence-electron chi connectivity index (χ4n) is 3.48. The third-order valence-corrected chi connectivity index (χ3v) is 4.81. The number of rotatable bonds is 3. The van der Waals surface area contributed by atoms with Gasteiger partial charge in [0, 0.05) is 38.4 Å². The molecule has 3 nitrogen and oxygen atoms in total. The molecular formula is C17H26N2O. The van der Waals surface area contributed by atoms with Gasteiger partial charge in [-0.3, -0.25) is 0 Å². The van der Waals surface area contributed by atoms with Crippen molar-refractivity contribution in [1.82, 2.24) is 4.90 Å². The molecule has 1 aromatic rings. The lowest BCUT2D eigenvalue weighted by atomic mass is 9.94. The summed E-state index contributed by atoms with van der Waals surface area (Å²) in [5, 5.41) is 9.56. The molecule has 0 atom stereocenters. The maximum atomic E-state index is 9.56. The van der Waals surface area contributed by atoms with Crippen LogP contribution >= 0.6 is 0 Å². The molecule has 20 heavy (non-hydrogen) atoms. The quantitative estimate of drug-likeness (QED) is 0.916. The van der Waals surface area contributed by atoms with Crippen LogP contribution in [-0.2, 0) is 0 Å². The van der Waals surface area contributed by atoms with Crippen LogP contribution in [0.3, 0.4) is 0 Å². The maximum Gasteiger partial charge on any atom is 0.0564 e. The number of hydrogen-bond acceptors (Lipinski definition) is 3. The minimum atomic E-state index is -0.0498. The van der Waals surface area contributed by atoms with Crippen molar-refractivity contribution >= 4 is 5.69 Å². The van der Waals surface area contributed by atoms with E-state index in [0.717, 1.165) is 31.8 Å². The third kappa shape index (κ3) is 3.53. The van der Waals surface area contributed by atoms with Crippen molar-refractivity contribution in [3.8, 4) is 0 Å². The Bertz CT molecular complexity index is 393. The molecule has 0 spiro atoms. The number of aliphatic hydroxyl groups excluding tert-OH is 1. The van der Waals surface area contributed by atoms with E-state index in [4.69, 9.17) is 0 Å². The molecule has 1 aromatic carbocycles. The predicted molar refractivity (Wildman–Crippen MR) is 83.1 cm³/mol. The summed E-state index contributed by atoms with van der Waals surface area (Å²) in [5.74, 6) is 0.838. The fourth-order valence-corrected chi connectivity index (χ4v) is 3.48. The van der Waals surface area contributed by atoms with Crippen molar-refractivity contribution in [1.29, 1.82) is 0 Å². The van der Waals surface area contributed by atoms with Crippen molar-refractivity contribution in [3.05, 3.63) is 30.3 Å².